The molecule has 29 heavy (non-hydrogen) atoms. The van der Waals surface area contributed by atoms with Crippen LogP contribution in [-0.2, 0) is 14.8 Å². The van der Waals surface area contributed by atoms with Crippen LogP contribution in [0.15, 0.2) is 23.1 Å². The summed E-state index contributed by atoms with van der Waals surface area (Å²) in [5.41, 5.74) is -0.968. The van der Waals surface area contributed by atoms with Crippen LogP contribution in [0, 0.1) is 30.5 Å². The minimum atomic E-state index is -4.02. The molecular weight excluding hydrogens is 391 g/mol. The van der Waals surface area contributed by atoms with Crippen LogP contribution in [0.5, 0.6) is 0 Å². The smallest absolute Gasteiger partial charge is 0.241 e. The highest BCUT2D eigenvalue weighted by atomic mass is 32.2. The van der Waals surface area contributed by atoms with Gasteiger partial charge in [0.25, 0.3) is 0 Å². The summed E-state index contributed by atoms with van der Waals surface area (Å²) < 4.78 is 41.7. The second-order valence-electron chi connectivity index (χ2n) is 9.41. The van der Waals surface area contributed by atoms with Gasteiger partial charge in [-0.1, -0.05) is 19.4 Å². The lowest BCUT2D eigenvalue weighted by Crippen LogP contribution is -2.58. The van der Waals surface area contributed by atoms with Crippen LogP contribution < -0.4 is 10.0 Å². The van der Waals surface area contributed by atoms with E-state index in [0.717, 1.165) is 43.6 Å². The Morgan fingerprint density at radius 2 is 1.93 bits per heavy atom. The number of benzene rings is 1. The minimum absolute atomic E-state index is 0.0914. The molecule has 2 aliphatic rings. The molecule has 0 saturated heterocycles. The van der Waals surface area contributed by atoms with Crippen molar-refractivity contribution < 1.29 is 17.6 Å². The molecule has 1 aromatic rings. The van der Waals surface area contributed by atoms with E-state index in [1.54, 1.807) is 20.8 Å². The van der Waals surface area contributed by atoms with E-state index in [1.807, 2.05) is 0 Å². The van der Waals surface area contributed by atoms with Gasteiger partial charge < -0.3 is 5.32 Å². The first-order chi connectivity index (χ1) is 13.5. The predicted molar refractivity (Wildman–Crippen MR) is 111 cm³/mol. The number of carbonyl (C=O) groups excluding carboxylic acids is 1. The fraction of sp³-hybridized carbons (Fsp3) is 0.682. The topological polar surface area (TPSA) is 75.3 Å². The number of halogens is 1. The molecule has 0 heterocycles. The highest BCUT2D eigenvalue weighted by molar-refractivity contribution is 7.89. The van der Waals surface area contributed by atoms with Crippen LogP contribution >= 0.6 is 0 Å². The largest absolute Gasteiger partial charge is 0.351 e. The SMILES string of the molecule is CCC1CC2CCC(NC(=O)C(C)(C)NS(=O)(=O)c3ccc(C)c(F)c3)C(C1)C2. The number of amides is 1. The highest BCUT2D eigenvalue weighted by Crippen LogP contribution is 2.43. The molecule has 162 valence electrons. The van der Waals surface area contributed by atoms with E-state index in [9.17, 15) is 17.6 Å². The Morgan fingerprint density at radius 1 is 1.21 bits per heavy atom. The van der Waals surface area contributed by atoms with E-state index < -0.39 is 21.4 Å². The van der Waals surface area contributed by atoms with Gasteiger partial charge in [-0.15, -0.1) is 0 Å². The molecule has 0 spiro atoms. The van der Waals surface area contributed by atoms with Gasteiger partial charge in [0, 0.05) is 6.04 Å². The maximum atomic E-state index is 13.8. The van der Waals surface area contributed by atoms with Gasteiger partial charge in [-0.2, -0.15) is 4.72 Å². The molecule has 1 aromatic carbocycles. The standard InChI is InChI=1S/C22H33FN2O3S/c1-5-15-10-16-7-9-20(17(11-15)12-16)24-21(26)22(3,4)25-29(27,28)18-8-6-14(2)19(23)13-18/h6,8,13,15-17,20,25H,5,7,9-12H2,1-4H3,(H,24,26). The molecule has 2 bridgehead atoms. The number of rotatable bonds is 6. The third kappa shape index (κ3) is 5.00. The molecule has 7 heteroatoms. The van der Waals surface area contributed by atoms with Gasteiger partial charge in [0.2, 0.25) is 15.9 Å². The summed E-state index contributed by atoms with van der Waals surface area (Å²) in [6.07, 6.45) is 6.82. The molecule has 0 aromatic heterocycles. The first kappa shape index (κ1) is 22.2. The Bertz CT molecular complexity index is 869. The average Bonchev–Trinajstić information content (AvgIpc) is 2.65. The first-order valence-corrected chi connectivity index (χ1v) is 12.1. The third-order valence-electron chi connectivity index (χ3n) is 6.70. The Hall–Kier alpha value is -1.47. The summed E-state index contributed by atoms with van der Waals surface area (Å²) in [5.74, 6) is 1.02. The summed E-state index contributed by atoms with van der Waals surface area (Å²) in [7, 11) is -4.02. The zero-order chi connectivity index (χ0) is 21.4. The van der Waals surface area contributed by atoms with E-state index >= 15 is 0 Å². The number of sulfonamides is 1. The molecular formula is C22H33FN2O3S. The van der Waals surface area contributed by atoms with Crippen LogP contribution in [0.2, 0.25) is 0 Å². The second-order valence-corrected chi connectivity index (χ2v) is 11.1. The van der Waals surface area contributed by atoms with Gasteiger partial charge in [-0.3, -0.25) is 4.79 Å². The maximum Gasteiger partial charge on any atom is 0.241 e. The van der Waals surface area contributed by atoms with E-state index in [4.69, 9.17) is 0 Å². The van der Waals surface area contributed by atoms with Gasteiger partial charge in [-0.25, -0.2) is 12.8 Å². The number of fused-ring (bicyclic) bond motifs is 2. The monoisotopic (exact) mass is 424 g/mol. The van der Waals surface area contributed by atoms with E-state index in [1.165, 1.54) is 25.0 Å². The Balaban J connectivity index is 1.68. The van der Waals surface area contributed by atoms with Crippen molar-refractivity contribution in [1.29, 1.82) is 0 Å². The van der Waals surface area contributed by atoms with Crippen molar-refractivity contribution in [3.8, 4) is 0 Å². The summed E-state index contributed by atoms with van der Waals surface area (Å²) in [5, 5.41) is 3.11. The highest BCUT2D eigenvalue weighted by Gasteiger charge is 2.40. The van der Waals surface area contributed by atoms with Crippen molar-refractivity contribution in [3.63, 3.8) is 0 Å². The lowest BCUT2D eigenvalue weighted by molar-refractivity contribution is -0.127. The van der Waals surface area contributed by atoms with Crippen LogP contribution in [0.4, 0.5) is 4.39 Å². The molecule has 4 atom stereocenters. The number of carbonyl (C=O) groups is 1. The van der Waals surface area contributed by atoms with Gasteiger partial charge in [0.05, 0.1) is 4.90 Å². The fourth-order valence-electron chi connectivity index (χ4n) is 4.89. The van der Waals surface area contributed by atoms with Crippen LogP contribution in [0.1, 0.15) is 64.9 Å². The molecule has 0 radical (unpaired) electrons. The van der Waals surface area contributed by atoms with Crippen molar-refractivity contribution >= 4 is 15.9 Å². The molecule has 2 N–H and O–H groups in total. The summed E-state index contributed by atoms with van der Waals surface area (Å²) in [4.78, 5) is 12.8. The van der Waals surface area contributed by atoms with Crippen molar-refractivity contribution in [3.05, 3.63) is 29.6 Å². The molecule has 4 unspecified atom stereocenters. The summed E-state index contributed by atoms with van der Waals surface area (Å²) >= 11 is 0. The van der Waals surface area contributed by atoms with Gasteiger partial charge in [0.1, 0.15) is 11.4 Å². The number of nitrogens with one attached hydrogen (secondary N) is 2. The Kier molecular flexibility index (Phi) is 6.39. The van der Waals surface area contributed by atoms with Gasteiger partial charge in [-0.05, 0) is 88.3 Å². The van der Waals surface area contributed by atoms with Crippen molar-refractivity contribution in [2.75, 3.05) is 0 Å². The van der Waals surface area contributed by atoms with E-state index in [-0.39, 0.29) is 16.8 Å². The molecule has 0 aliphatic heterocycles. The summed E-state index contributed by atoms with van der Waals surface area (Å²) in [6.45, 7) is 6.89. The molecule has 2 aliphatic carbocycles. The zero-order valence-electron chi connectivity index (χ0n) is 17.8. The van der Waals surface area contributed by atoms with Crippen molar-refractivity contribution in [2.45, 2.75) is 82.7 Å². The Labute approximate surface area is 173 Å². The van der Waals surface area contributed by atoms with Gasteiger partial charge in [0.15, 0.2) is 0 Å². The molecule has 2 fully saturated rings. The normalized spacial score (nSPS) is 27.5. The maximum absolute atomic E-state index is 13.8. The van der Waals surface area contributed by atoms with Crippen molar-refractivity contribution in [1.82, 2.24) is 10.0 Å². The van der Waals surface area contributed by atoms with E-state index in [2.05, 4.69) is 17.0 Å². The second kappa shape index (κ2) is 8.34. The van der Waals surface area contributed by atoms with Crippen molar-refractivity contribution in [2.24, 2.45) is 17.8 Å². The van der Waals surface area contributed by atoms with Crippen LogP contribution in [0.25, 0.3) is 0 Å². The Morgan fingerprint density at radius 3 is 2.59 bits per heavy atom. The fourth-order valence-corrected chi connectivity index (χ4v) is 6.27. The van der Waals surface area contributed by atoms with E-state index in [0.29, 0.717) is 11.5 Å². The van der Waals surface area contributed by atoms with Crippen LogP contribution in [0.3, 0.4) is 0 Å². The number of aryl methyl sites for hydroxylation is 1. The number of hydrogen-bond acceptors (Lipinski definition) is 3. The molecule has 5 nitrogen and oxygen atoms in total. The lowest BCUT2D eigenvalue weighted by Gasteiger charge is -2.44. The lowest BCUT2D eigenvalue weighted by atomic mass is 9.65. The average molecular weight is 425 g/mol. The predicted octanol–water partition coefficient (Wildman–Crippen LogP) is 3.91. The van der Waals surface area contributed by atoms with Gasteiger partial charge >= 0.3 is 0 Å². The molecule has 2 saturated carbocycles. The first-order valence-electron chi connectivity index (χ1n) is 10.6. The molecule has 3 rings (SSSR count). The third-order valence-corrected chi connectivity index (χ3v) is 8.35. The quantitative estimate of drug-likeness (QED) is 0.727. The minimum Gasteiger partial charge on any atom is -0.351 e. The summed E-state index contributed by atoms with van der Waals surface area (Å²) in [6, 6.07) is 3.85. The zero-order valence-corrected chi connectivity index (χ0v) is 18.6. The number of hydrogen-bond donors (Lipinski definition) is 2. The molecule has 1 amide bonds. The van der Waals surface area contributed by atoms with Crippen LogP contribution in [-0.4, -0.2) is 25.9 Å².